The zero-order valence-electron chi connectivity index (χ0n) is 16.7. The van der Waals surface area contributed by atoms with Gasteiger partial charge in [0.2, 0.25) is 10.8 Å². The van der Waals surface area contributed by atoms with Gasteiger partial charge in [0.05, 0.1) is 32.9 Å². The van der Waals surface area contributed by atoms with Gasteiger partial charge in [0, 0.05) is 12.0 Å². The zero-order chi connectivity index (χ0) is 19.8. The van der Waals surface area contributed by atoms with Crippen LogP contribution in [0.25, 0.3) is 4.96 Å². The van der Waals surface area contributed by atoms with E-state index in [0.29, 0.717) is 16.7 Å². The van der Waals surface area contributed by atoms with Crippen LogP contribution < -0.4 is 14.4 Å². The van der Waals surface area contributed by atoms with E-state index in [2.05, 4.69) is 23.1 Å². The molecule has 1 unspecified atom stereocenters. The van der Waals surface area contributed by atoms with Crippen LogP contribution in [0.4, 0.5) is 0 Å². The third-order valence-electron chi connectivity index (χ3n) is 5.53. The lowest BCUT2D eigenvalue weighted by atomic mass is 9.95. The smallest absolute Gasteiger partial charge is 0.235 e. The number of piperidine rings is 1. The maximum Gasteiger partial charge on any atom is 0.235 e. The van der Waals surface area contributed by atoms with E-state index < -0.39 is 0 Å². The van der Waals surface area contributed by atoms with Crippen molar-refractivity contribution in [2.75, 3.05) is 27.3 Å². The van der Waals surface area contributed by atoms with Gasteiger partial charge in [0.1, 0.15) is 22.2 Å². The second-order valence-corrected chi connectivity index (χ2v) is 8.55. The van der Waals surface area contributed by atoms with Gasteiger partial charge in [-0.05, 0) is 31.9 Å². The number of nitrogens with zero attached hydrogens (tertiary/aromatic N) is 3. The lowest BCUT2D eigenvalue weighted by molar-refractivity contribution is -0.933. The standard InChI is InChI=1S/C20H26N4O3S/c1-12-6-5-9-23(11-12)17(15-8-7-14(26-3)10-16(15)27-4)18-19(25)24-20(28-18)21-13(2)22-24/h7-8,10,12,17,25H,5-6,9,11H2,1-4H3/p+1/t12-,17-/m0/s1. The fraction of sp³-hybridized carbons (Fsp3) is 0.500. The van der Waals surface area contributed by atoms with Gasteiger partial charge < -0.3 is 19.5 Å². The van der Waals surface area contributed by atoms with Gasteiger partial charge in [-0.1, -0.05) is 18.3 Å². The lowest BCUT2D eigenvalue weighted by Crippen LogP contribution is -3.13. The van der Waals surface area contributed by atoms with Gasteiger partial charge in [0.15, 0.2) is 6.04 Å². The molecule has 0 aliphatic carbocycles. The predicted octanol–water partition coefficient (Wildman–Crippen LogP) is 2.23. The Balaban J connectivity index is 1.86. The van der Waals surface area contributed by atoms with Crippen molar-refractivity contribution in [3.8, 4) is 17.4 Å². The van der Waals surface area contributed by atoms with Crippen molar-refractivity contribution in [3.05, 3.63) is 34.5 Å². The number of fused-ring (bicyclic) bond motifs is 1. The summed E-state index contributed by atoms with van der Waals surface area (Å²) < 4.78 is 12.6. The van der Waals surface area contributed by atoms with Crippen LogP contribution in [0.3, 0.4) is 0 Å². The molecule has 1 aliphatic heterocycles. The molecule has 0 spiro atoms. The summed E-state index contributed by atoms with van der Waals surface area (Å²) in [4.78, 5) is 7.47. The molecule has 1 saturated heterocycles. The Kier molecular flexibility index (Phi) is 5.16. The molecule has 0 amide bonds. The second-order valence-electron chi connectivity index (χ2n) is 7.54. The van der Waals surface area contributed by atoms with Crippen LogP contribution in [0.5, 0.6) is 17.4 Å². The minimum Gasteiger partial charge on any atom is -0.497 e. The van der Waals surface area contributed by atoms with Crippen LogP contribution >= 0.6 is 11.3 Å². The van der Waals surface area contributed by atoms with Crippen LogP contribution in [0.2, 0.25) is 0 Å². The number of ether oxygens (including phenoxy) is 2. The van der Waals surface area contributed by atoms with Crippen molar-refractivity contribution in [2.45, 2.75) is 32.7 Å². The molecule has 1 aromatic carbocycles. The van der Waals surface area contributed by atoms with Crippen molar-refractivity contribution < 1.29 is 19.5 Å². The average Bonchev–Trinajstić information content (AvgIpc) is 3.20. The number of benzene rings is 1. The van der Waals surface area contributed by atoms with E-state index in [0.717, 1.165) is 35.0 Å². The van der Waals surface area contributed by atoms with Gasteiger partial charge in [-0.15, -0.1) is 5.10 Å². The van der Waals surface area contributed by atoms with Crippen LogP contribution in [-0.2, 0) is 0 Å². The Morgan fingerprint density at radius 2 is 2.14 bits per heavy atom. The van der Waals surface area contributed by atoms with E-state index >= 15 is 0 Å². The molecule has 0 bridgehead atoms. The van der Waals surface area contributed by atoms with Crippen molar-refractivity contribution in [2.24, 2.45) is 5.92 Å². The summed E-state index contributed by atoms with van der Waals surface area (Å²) in [6.07, 6.45) is 2.42. The van der Waals surface area contributed by atoms with Crippen LogP contribution in [0.15, 0.2) is 18.2 Å². The number of likely N-dealkylation sites (tertiary alicyclic amines) is 1. The molecule has 0 saturated carbocycles. The molecular formula is C20H27N4O3S+. The summed E-state index contributed by atoms with van der Waals surface area (Å²) in [5.74, 6) is 3.00. The number of thiazole rings is 1. The minimum atomic E-state index is -0.0441. The van der Waals surface area contributed by atoms with Crippen LogP contribution in [0, 0.1) is 12.8 Å². The molecule has 0 radical (unpaired) electrons. The zero-order valence-corrected chi connectivity index (χ0v) is 17.5. The highest BCUT2D eigenvalue weighted by molar-refractivity contribution is 7.17. The first-order chi connectivity index (χ1) is 13.5. The first-order valence-electron chi connectivity index (χ1n) is 9.63. The van der Waals surface area contributed by atoms with Gasteiger partial charge in [-0.25, -0.2) is 4.98 Å². The molecule has 3 atom stereocenters. The summed E-state index contributed by atoms with van der Waals surface area (Å²) >= 11 is 1.50. The molecule has 150 valence electrons. The second kappa shape index (κ2) is 7.60. The molecule has 8 heteroatoms. The Hall–Kier alpha value is -2.32. The van der Waals surface area contributed by atoms with Gasteiger partial charge in [-0.3, -0.25) is 0 Å². The number of quaternary nitrogens is 1. The van der Waals surface area contributed by atoms with E-state index in [9.17, 15) is 5.11 Å². The van der Waals surface area contributed by atoms with E-state index in [1.807, 2.05) is 19.1 Å². The molecule has 28 heavy (non-hydrogen) atoms. The Bertz CT molecular complexity index is 983. The molecule has 1 fully saturated rings. The fourth-order valence-electron chi connectivity index (χ4n) is 4.23. The normalized spacial score (nSPS) is 21.0. The van der Waals surface area contributed by atoms with E-state index in [-0.39, 0.29) is 11.9 Å². The Morgan fingerprint density at radius 3 is 2.82 bits per heavy atom. The van der Waals surface area contributed by atoms with Crippen molar-refractivity contribution >= 4 is 16.3 Å². The SMILES string of the molecule is COc1ccc([C@@H](c2sc3nc(C)nn3c2O)[NH+]2CCC[C@H](C)C2)c(OC)c1. The third-order valence-corrected chi connectivity index (χ3v) is 6.62. The summed E-state index contributed by atoms with van der Waals surface area (Å²) in [7, 11) is 3.33. The van der Waals surface area contributed by atoms with Crippen LogP contribution in [0.1, 0.15) is 42.1 Å². The number of hydrogen-bond donors (Lipinski definition) is 2. The molecule has 7 nitrogen and oxygen atoms in total. The Morgan fingerprint density at radius 1 is 1.32 bits per heavy atom. The highest BCUT2D eigenvalue weighted by Crippen LogP contribution is 2.39. The van der Waals surface area contributed by atoms with Gasteiger partial charge in [0.25, 0.3) is 0 Å². The number of aryl methyl sites for hydroxylation is 1. The summed E-state index contributed by atoms with van der Waals surface area (Å²) in [6.45, 7) is 6.23. The number of hydrogen-bond acceptors (Lipinski definition) is 6. The van der Waals surface area contributed by atoms with Crippen molar-refractivity contribution in [1.82, 2.24) is 14.6 Å². The highest BCUT2D eigenvalue weighted by atomic mass is 32.1. The van der Waals surface area contributed by atoms with E-state index in [1.165, 1.54) is 29.1 Å². The molecule has 2 N–H and O–H groups in total. The fourth-order valence-corrected chi connectivity index (χ4v) is 5.41. The number of rotatable bonds is 5. The third kappa shape index (κ3) is 3.31. The summed E-state index contributed by atoms with van der Waals surface area (Å²) in [6, 6.07) is 5.87. The maximum atomic E-state index is 11.0. The molecule has 3 aromatic rings. The number of aromatic nitrogens is 3. The molecule has 4 rings (SSSR count). The first-order valence-corrected chi connectivity index (χ1v) is 10.4. The minimum absolute atomic E-state index is 0.0441. The molecule has 2 aromatic heterocycles. The predicted molar refractivity (Wildman–Crippen MR) is 108 cm³/mol. The van der Waals surface area contributed by atoms with E-state index in [4.69, 9.17) is 9.47 Å². The average molecular weight is 404 g/mol. The van der Waals surface area contributed by atoms with E-state index in [1.54, 1.807) is 18.7 Å². The molecule has 1 aliphatic rings. The summed E-state index contributed by atoms with van der Waals surface area (Å²) in [5, 5.41) is 15.3. The molecular weight excluding hydrogens is 376 g/mol. The van der Waals surface area contributed by atoms with Gasteiger partial charge >= 0.3 is 0 Å². The monoisotopic (exact) mass is 403 g/mol. The number of nitrogens with one attached hydrogen (secondary N) is 1. The van der Waals surface area contributed by atoms with Crippen LogP contribution in [-0.4, -0.2) is 47.0 Å². The lowest BCUT2D eigenvalue weighted by Gasteiger charge is -2.34. The number of methoxy groups -OCH3 is 2. The first kappa shape index (κ1) is 19.0. The Labute approximate surface area is 168 Å². The largest absolute Gasteiger partial charge is 0.497 e. The number of aromatic hydroxyl groups is 1. The van der Waals surface area contributed by atoms with Gasteiger partial charge in [-0.2, -0.15) is 4.52 Å². The van der Waals surface area contributed by atoms with Crippen molar-refractivity contribution in [3.63, 3.8) is 0 Å². The topological polar surface area (TPSA) is 73.3 Å². The quantitative estimate of drug-likeness (QED) is 0.683. The highest BCUT2D eigenvalue weighted by Gasteiger charge is 2.37. The molecule has 3 heterocycles. The maximum absolute atomic E-state index is 11.0. The van der Waals surface area contributed by atoms with Crippen molar-refractivity contribution in [1.29, 1.82) is 0 Å². The summed E-state index contributed by atoms with van der Waals surface area (Å²) in [5.41, 5.74) is 1.05.